The van der Waals surface area contributed by atoms with Crippen LogP contribution in [0.4, 0.5) is 19.2 Å². The van der Waals surface area contributed by atoms with E-state index in [1.807, 2.05) is 31.2 Å². The van der Waals surface area contributed by atoms with Crippen molar-refractivity contribution in [1.29, 1.82) is 0 Å². The first-order valence-corrected chi connectivity index (χ1v) is 8.84. The number of benzene rings is 1. The Bertz CT molecular complexity index is 822. The molecule has 0 bridgehead atoms. The van der Waals surface area contributed by atoms with E-state index in [1.54, 1.807) is 13.8 Å². The van der Waals surface area contributed by atoms with Crippen LogP contribution in [0.5, 0.6) is 0 Å². The van der Waals surface area contributed by atoms with E-state index >= 15 is 0 Å². The third-order valence-electron chi connectivity index (χ3n) is 4.55. The number of anilines is 1. The zero-order valence-electron chi connectivity index (χ0n) is 15.7. The number of amides is 1. The Labute approximate surface area is 159 Å². The second-order valence-corrected chi connectivity index (χ2v) is 6.91. The lowest BCUT2D eigenvalue weighted by atomic mass is 10.1. The van der Waals surface area contributed by atoms with Crippen molar-refractivity contribution < 1.29 is 27.1 Å². The highest BCUT2D eigenvalue weighted by Gasteiger charge is 2.41. The Balaban J connectivity index is 1.61. The average Bonchev–Trinajstić information content (AvgIpc) is 3.20. The van der Waals surface area contributed by atoms with Gasteiger partial charge in [0.05, 0.1) is 6.10 Å². The van der Waals surface area contributed by atoms with Crippen molar-refractivity contribution in [2.45, 2.75) is 51.7 Å². The van der Waals surface area contributed by atoms with Gasteiger partial charge in [0.2, 0.25) is 11.8 Å². The highest BCUT2D eigenvalue weighted by molar-refractivity contribution is 5.84. The lowest BCUT2D eigenvalue weighted by molar-refractivity contribution is -0.340. The second kappa shape index (κ2) is 7.78. The van der Waals surface area contributed by atoms with Gasteiger partial charge >= 0.3 is 12.4 Å². The minimum atomic E-state index is -4.72. The molecule has 1 saturated heterocycles. The largest absolute Gasteiger partial charge is 0.522 e. The number of hydrogen-bond donors (Lipinski definition) is 1. The van der Waals surface area contributed by atoms with E-state index in [9.17, 15) is 18.0 Å². The molecule has 0 unspecified atom stereocenters. The van der Waals surface area contributed by atoms with Gasteiger partial charge in [-0.05, 0) is 39.3 Å². The van der Waals surface area contributed by atoms with Crippen LogP contribution >= 0.6 is 0 Å². The van der Waals surface area contributed by atoms with Gasteiger partial charge in [-0.2, -0.15) is 0 Å². The standard InChI is InChI=1S/C18H21F3N4O3/c1-10-4-6-13(7-5-10)15-23-24-17(27-15)22-12(3)16(26)25-9-14(8-11(25)2)28-18(19,20)21/h4-7,11-12,14H,8-9H2,1-3H3,(H,22,24)/t11-,12+,14-/m0/s1. The van der Waals surface area contributed by atoms with Gasteiger partial charge in [0.15, 0.2) is 0 Å². The van der Waals surface area contributed by atoms with E-state index in [-0.39, 0.29) is 30.9 Å². The molecule has 1 aromatic carbocycles. The summed E-state index contributed by atoms with van der Waals surface area (Å²) in [6, 6.07) is 6.45. The molecule has 0 aliphatic carbocycles. The van der Waals surface area contributed by atoms with Crippen LogP contribution in [0.1, 0.15) is 25.8 Å². The lowest BCUT2D eigenvalue weighted by Crippen LogP contribution is -2.43. The van der Waals surface area contributed by atoms with Gasteiger partial charge in [-0.15, -0.1) is 18.3 Å². The molecule has 2 aromatic rings. The van der Waals surface area contributed by atoms with E-state index in [4.69, 9.17) is 4.42 Å². The Hall–Kier alpha value is -2.62. The predicted octanol–water partition coefficient (Wildman–Crippen LogP) is 3.37. The van der Waals surface area contributed by atoms with Crippen molar-refractivity contribution in [3.8, 4) is 11.5 Å². The highest BCUT2D eigenvalue weighted by atomic mass is 19.4. The third kappa shape index (κ3) is 4.80. The molecule has 152 valence electrons. The molecule has 1 fully saturated rings. The van der Waals surface area contributed by atoms with Crippen LogP contribution < -0.4 is 5.32 Å². The molecule has 7 nitrogen and oxygen atoms in total. The zero-order chi connectivity index (χ0) is 20.5. The van der Waals surface area contributed by atoms with Crippen molar-refractivity contribution in [1.82, 2.24) is 15.1 Å². The normalized spacial score (nSPS) is 21.0. The molecule has 1 aliphatic heterocycles. The quantitative estimate of drug-likeness (QED) is 0.832. The molecule has 3 atom stereocenters. The number of carbonyl (C=O) groups excluding carboxylic acids is 1. The van der Waals surface area contributed by atoms with E-state index in [0.29, 0.717) is 5.89 Å². The van der Waals surface area contributed by atoms with E-state index in [0.717, 1.165) is 11.1 Å². The molecular weight excluding hydrogens is 377 g/mol. The molecule has 0 saturated carbocycles. The molecule has 3 rings (SSSR count). The lowest BCUT2D eigenvalue weighted by Gasteiger charge is -2.25. The summed E-state index contributed by atoms with van der Waals surface area (Å²) >= 11 is 0. The minimum absolute atomic E-state index is 0.0615. The Morgan fingerprint density at radius 3 is 2.64 bits per heavy atom. The maximum absolute atomic E-state index is 12.6. The van der Waals surface area contributed by atoms with Gasteiger partial charge in [0.1, 0.15) is 6.04 Å². The summed E-state index contributed by atoms with van der Waals surface area (Å²) in [5.74, 6) is -0.0637. The van der Waals surface area contributed by atoms with Crippen molar-refractivity contribution in [2.24, 2.45) is 0 Å². The van der Waals surface area contributed by atoms with Gasteiger partial charge in [-0.3, -0.25) is 9.53 Å². The fourth-order valence-electron chi connectivity index (χ4n) is 3.15. The van der Waals surface area contributed by atoms with E-state index in [2.05, 4.69) is 20.3 Å². The maximum atomic E-state index is 12.6. The summed E-state index contributed by atoms with van der Waals surface area (Å²) in [5, 5.41) is 10.6. The van der Waals surface area contributed by atoms with Crippen LogP contribution in [0.2, 0.25) is 0 Å². The Kier molecular flexibility index (Phi) is 5.59. The fraction of sp³-hybridized carbons (Fsp3) is 0.500. The fourth-order valence-corrected chi connectivity index (χ4v) is 3.15. The monoisotopic (exact) mass is 398 g/mol. The molecule has 1 aliphatic rings. The number of likely N-dealkylation sites (tertiary alicyclic amines) is 1. The first-order valence-electron chi connectivity index (χ1n) is 8.84. The number of aryl methyl sites for hydroxylation is 1. The molecule has 0 radical (unpaired) electrons. The summed E-state index contributed by atoms with van der Waals surface area (Å²) in [5.41, 5.74) is 1.83. The van der Waals surface area contributed by atoms with E-state index in [1.165, 1.54) is 4.90 Å². The summed E-state index contributed by atoms with van der Waals surface area (Å²) in [7, 11) is 0. The van der Waals surface area contributed by atoms with Gasteiger partial charge < -0.3 is 14.6 Å². The molecule has 2 heterocycles. The number of hydrogen-bond acceptors (Lipinski definition) is 6. The molecule has 1 N–H and O–H groups in total. The van der Waals surface area contributed by atoms with Crippen LogP contribution in [0.3, 0.4) is 0 Å². The van der Waals surface area contributed by atoms with Crippen LogP contribution in [-0.4, -0.2) is 52.1 Å². The Morgan fingerprint density at radius 2 is 2.00 bits per heavy atom. The van der Waals surface area contributed by atoms with Gasteiger partial charge in [-0.1, -0.05) is 22.8 Å². The molecule has 0 spiro atoms. The van der Waals surface area contributed by atoms with Gasteiger partial charge in [0, 0.05) is 18.2 Å². The van der Waals surface area contributed by atoms with Crippen molar-refractivity contribution in [2.75, 3.05) is 11.9 Å². The second-order valence-electron chi connectivity index (χ2n) is 6.91. The summed E-state index contributed by atoms with van der Waals surface area (Å²) in [4.78, 5) is 14.0. The molecule has 10 heteroatoms. The SMILES string of the molecule is Cc1ccc(-c2nnc(N[C@H](C)C(=O)N3C[C@@H](OC(F)(F)F)C[C@@H]3C)o2)cc1. The Morgan fingerprint density at radius 1 is 1.32 bits per heavy atom. The van der Waals surface area contributed by atoms with Crippen molar-refractivity contribution in [3.05, 3.63) is 29.8 Å². The number of aromatic nitrogens is 2. The predicted molar refractivity (Wildman–Crippen MR) is 94.3 cm³/mol. The zero-order valence-corrected chi connectivity index (χ0v) is 15.7. The van der Waals surface area contributed by atoms with Crippen LogP contribution in [0.25, 0.3) is 11.5 Å². The smallest absolute Gasteiger partial charge is 0.403 e. The number of ether oxygens (including phenoxy) is 1. The molecule has 28 heavy (non-hydrogen) atoms. The van der Waals surface area contributed by atoms with Crippen molar-refractivity contribution in [3.63, 3.8) is 0 Å². The summed E-state index contributed by atoms with van der Waals surface area (Å²) in [6.45, 7) is 5.11. The van der Waals surface area contributed by atoms with Crippen LogP contribution in [0.15, 0.2) is 28.7 Å². The average molecular weight is 398 g/mol. The number of carbonyl (C=O) groups is 1. The molecular formula is C18H21F3N4O3. The minimum Gasteiger partial charge on any atom is -0.403 e. The number of rotatable bonds is 5. The third-order valence-corrected chi connectivity index (χ3v) is 4.55. The number of nitrogens with one attached hydrogen (secondary N) is 1. The topological polar surface area (TPSA) is 80.5 Å². The molecule has 1 amide bonds. The maximum Gasteiger partial charge on any atom is 0.522 e. The number of halogens is 3. The highest BCUT2D eigenvalue weighted by Crippen LogP contribution is 2.28. The van der Waals surface area contributed by atoms with Crippen LogP contribution in [-0.2, 0) is 9.53 Å². The van der Waals surface area contributed by atoms with Crippen molar-refractivity contribution >= 4 is 11.9 Å². The number of alkyl halides is 3. The van der Waals surface area contributed by atoms with Gasteiger partial charge in [-0.25, -0.2) is 0 Å². The first kappa shape index (κ1) is 20.1. The van der Waals surface area contributed by atoms with Gasteiger partial charge in [0.25, 0.3) is 0 Å². The molecule has 1 aromatic heterocycles. The van der Waals surface area contributed by atoms with Crippen LogP contribution in [0, 0.1) is 6.92 Å². The summed E-state index contributed by atoms with van der Waals surface area (Å²) < 4.78 is 46.8. The number of nitrogens with zero attached hydrogens (tertiary/aromatic N) is 3. The van der Waals surface area contributed by atoms with E-state index < -0.39 is 18.5 Å². The summed E-state index contributed by atoms with van der Waals surface area (Å²) in [6.07, 6.45) is -5.66. The first-order chi connectivity index (χ1) is 13.1.